The molecular formula is C13H24N4O2. The summed E-state index contributed by atoms with van der Waals surface area (Å²) in [4.78, 5) is 28.0. The summed E-state index contributed by atoms with van der Waals surface area (Å²) in [6.07, 6.45) is 2.78. The van der Waals surface area contributed by atoms with E-state index in [1.165, 1.54) is 0 Å². The van der Waals surface area contributed by atoms with Crippen LogP contribution in [-0.4, -0.2) is 74.0 Å². The van der Waals surface area contributed by atoms with Crippen molar-refractivity contribution in [3.8, 4) is 0 Å². The van der Waals surface area contributed by atoms with Crippen LogP contribution in [0.3, 0.4) is 0 Å². The molecule has 0 aromatic heterocycles. The van der Waals surface area contributed by atoms with Gasteiger partial charge in [0.05, 0.1) is 6.54 Å². The van der Waals surface area contributed by atoms with Crippen LogP contribution in [0.15, 0.2) is 0 Å². The first-order valence-corrected chi connectivity index (χ1v) is 7.16. The molecule has 2 N–H and O–H groups in total. The lowest BCUT2D eigenvalue weighted by atomic mass is 10.2. The molecule has 2 amide bonds. The highest BCUT2D eigenvalue weighted by Gasteiger charge is 2.33. The van der Waals surface area contributed by atoms with Crippen LogP contribution in [0.4, 0.5) is 0 Å². The Morgan fingerprint density at radius 2 is 2.05 bits per heavy atom. The van der Waals surface area contributed by atoms with Gasteiger partial charge < -0.3 is 15.5 Å². The van der Waals surface area contributed by atoms with Gasteiger partial charge in [-0.25, -0.2) is 0 Å². The Balaban J connectivity index is 1.89. The second kappa shape index (κ2) is 6.86. The second-order valence-corrected chi connectivity index (χ2v) is 5.24. The van der Waals surface area contributed by atoms with Crippen molar-refractivity contribution in [1.29, 1.82) is 0 Å². The topological polar surface area (TPSA) is 64.7 Å². The number of nitrogens with zero attached hydrogens (tertiary/aromatic N) is 2. The molecule has 6 nitrogen and oxygen atoms in total. The number of carbonyl (C=O) groups excluding carboxylic acids is 2. The standard InChI is InChI=1S/C13H24N4O2/c1-14-13(19)11-4-2-8-17(11)12(18)10-16-7-3-5-15-6-9-16/h11,15H,2-10H2,1H3,(H,14,19). The van der Waals surface area contributed by atoms with Gasteiger partial charge in [0, 0.05) is 26.7 Å². The first-order chi connectivity index (χ1) is 9.22. The lowest BCUT2D eigenvalue weighted by Gasteiger charge is -2.27. The molecule has 0 aliphatic carbocycles. The van der Waals surface area contributed by atoms with E-state index in [1.807, 2.05) is 0 Å². The molecule has 2 saturated heterocycles. The molecule has 0 radical (unpaired) electrons. The molecule has 1 unspecified atom stereocenters. The van der Waals surface area contributed by atoms with E-state index in [4.69, 9.17) is 0 Å². The van der Waals surface area contributed by atoms with E-state index in [0.717, 1.165) is 45.4 Å². The first kappa shape index (κ1) is 14.3. The minimum Gasteiger partial charge on any atom is -0.357 e. The summed E-state index contributed by atoms with van der Waals surface area (Å²) in [6.45, 7) is 4.97. The predicted molar refractivity (Wildman–Crippen MR) is 72.7 cm³/mol. The van der Waals surface area contributed by atoms with Gasteiger partial charge >= 0.3 is 0 Å². The third-order valence-corrected chi connectivity index (χ3v) is 3.91. The highest BCUT2D eigenvalue weighted by Crippen LogP contribution is 2.17. The molecule has 0 bridgehead atoms. The van der Waals surface area contributed by atoms with Gasteiger partial charge in [-0.05, 0) is 32.4 Å². The number of hydrogen-bond donors (Lipinski definition) is 2. The monoisotopic (exact) mass is 268 g/mol. The number of likely N-dealkylation sites (tertiary alicyclic amines) is 1. The minimum atomic E-state index is -0.261. The lowest BCUT2D eigenvalue weighted by Crippen LogP contribution is -2.48. The van der Waals surface area contributed by atoms with Gasteiger partial charge in [-0.1, -0.05) is 0 Å². The van der Waals surface area contributed by atoms with Gasteiger partial charge in [-0.3, -0.25) is 14.5 Å². The summed E-state index contributed by atoms with van der Waals surface area (Å²) in [6, 6.07) is -0.261. The molecule has 1 atom stereocenters. The van der Waals surface area contributed by atoms with Crippen molar-refractivity contribution < 1.29 is 9.59 Å². The van der Waals surface area contributed by atoms with Crippen LogP contribution in [0.5, 0.6) is 0 Å². The number of amides is 2. The molecule has 2 rings (SSSR count). The molecule has 2 heterocycles. The largest absolute Gasteiger partial charge is 0.357 e. The SMILES string of the molecule is CNC(=O)C1CCCN1C(=O)CN1CCCNCC1. The van der Waals surface area contributed by atoms with Crippen molar-refractivity contribution in [2.75, 3.05) is 46.3 Å². The average molecular weight is 268 g/mol. The van der Waals surface area contributed by atoms with Crippen molar-refractivity contribution in [3.63, 3.8) is 0 Å². The summed E-state index contributed by atoms with van der Waals surface area (Å²) >= 11 is 0. The molecule has 0 spiro atoms. The Morgan fingerprint density at radius 1 is 1.21 bits per heavy atom. The Labute approximate surface area is 114 Å². The zero-order valence-corrected chi connectivity index (χ0v) is 11.7. The van der Waals surface area contributed by atoms with E-state index in [9.17, 15) is 9.59 Å². The van der Waals surface area contributed by atoms with Crippen molar-refractivity contribution >= 4 is 11.8 Å². The smallest absolute Gasteiger partial charge is 0.242 e. The fourth-order valence-corrected chi connectivity index (χ4v) is 2.85. The van der Waals surface area contributed by atoms with Crippen LogP contribution in [-0.2, 0) is 9.59 Å². The van der Waals surface area contributed by atoms with Crippen LogP contribution in [0, 0.1) is 0 Å². The predicted octanol–water partition coefficient (Wildman–Crippen LogP) is -0.981. The fourth-order valence-electron chi connectivity index (χ4n) is 2.85. The van der Waals surface area contributed by atoms with E-state index in [2.05, 4.69) is 15.5 Å². The van der Waals surface area contributed by atoms with Crippen molar-refractivity contribution in [1.82, 2.24) is 20.4 Å². The molecule has 0 aromatic carbocycles. The maximum atomic E-state index is 12.3. The molecular weight excluding hydrogens is 244 g/mol. The summed E-state index contributed by atoms with van der Waals surface area (Å²) in [5.41, 5.74) is 0. The quantitative estimate of drug-likeness (QED) is 0.690. The zero-order valence-electron chi connectivity index (χ0n) is 11.7. The van der Waals surface area contributed by atoms with Crippen molar-refractivity contribution in [2.45, 2.75) is 25.3 Å². The Kier molecular flexibility index (Phi) is 5.15. The molecule has 108 valence electrons. The van der Waals surface area contributed by atoms with Gasteiger partial charge in [-0.2, -0.15) is 0 Å². The molecule has 6 heteroatoms. The van der Waals surface area contributed by atoms with Crippen LogP contribution in [0.1, 0.15) is 19.3 Å². The molecule has 0 aromatic rings. The van der Waals surface area contributed by atoms with Crippen LogP contribution >= 0.6 is 0 Å². The van der Waals surface area contributed by atoms with Gasteiger partial charge in [0.25, 0.3) is 0 Å². The molecule has 0 saturated carbocycles. The summed E-state index contributed by atoms with van der Waals surface area (Å²) in [7, 11) is 1.63. The number of likely N-dealkylation sites (N-methyl/N-ethyl adjacent to an activating group) is 1. The molecule has 2 aliphatic rings. The zero-order chi connectivity index (χ0) is 13.7. The number of hydrogen-bond acceptors (Lipinski definition) is 4. The molecule has 2 aliphatic heterocycles. The maximum absolute atomic E-state index is 12.3. The Morgan fingerprint density at radius 3 is 2.84 bits per heavy atom. The number of rotatable bonds is 3. The third kappa shape index (κ3) is 3.67. The highest BCUT2D eigenvalue weighted by atomic mass is 16.2. The number of carbonyl (C=O) groups is 2. The van der Waals surface area contributed by atoms with Crippen LogP contribution < -0.4 is 10.6 Å². The summed E-state index contributed by atoms with van der Waals surface area (Å²) in [5.74, 6) is 0.0522. The van der Waals surface area contributed by atoms with Crippen LogP contribution in [0.2, 0.25) is 0 Å². The second-order valence-electron chi connectivity index (χ2n) is 5.24. The van der Waals surface area contributed by atoms with Crippen molar-refractivity contribution in [3.05, 3.63) is 0 Å². The highest BCUT2D eigenvalue weighted by molar-refractivity contribution is 5.88. The van der Waals surface area contributed by atoms with E-state index < -0.39 is 0 Å². The van der Waals surface area contributed by atoms with Crippen molar-refractivity contribution in [2.24, 2.45) is 0 Å². The molecule has 19 heavy (non-hydrogen) atoms. The van der Waals surface area contributed by atoms with Gasteiger partial charge in [-0.15, -0.1) is 0 Å². The maximum Gasteiger partial charge on any atom is 0.242 e. The van der Waals surface area contributed by atoms with Gasteiger partial charge in [0.15, 0.2) is 0 Å². The van der Waals surface area contributed by atoms with E-state index in [1.54, 1.807) is 11.9 Å². The molecule has 2 fully saturated rings. The normalized spacial score (nSPS) is 25.1. The lowest BCUT2D eigenvalue weighted by molar-refractivity contribution is -0.139. The van der Waals surface area contributed by atoms with Gasteiger partial charge in [0.1, 0.15) is 6.04 Å². The number of nitrogens with one attached hydrogen (secondary N) is 2. The third-order valence-electron chi connectivity index (χ3n) is 3.91. The van der Waals surface area contributed by atoms with E-state index in [0.29, 0.717) is 13.1 Å². The van der Waals surface area contributed by atoms with E-state index in [-0.39, 0.29) is 17.9 Å². The Bertz CT molecular complexity index is 327. The summed E-state index contributed by atoms with van der Waals surface area (Å²) < 4.78 is 0. The summed E-state index contributed by atoms with van der Waals surface area (Å²) in [5, 5.41) is 5.97. The van der Waals surface area contributed by atoms with Crippen LogP contribution in [0.25, 0.3) is 0 Å². The minimum absolute atomic E-state index is 0.0385. The fraction of sp³-hybridized carbons (Fsp3) is 0.846. The average Bonchev–Trinajstić information content (AvgIpc) is 2.77. The Hall–Kier alpha value is -1.14. The van der Waals surface area contributed by atoms with E-state index >= 15 is 0 Å². The van der Waals surface area contributed by atoms with Gasteiger partial charge in [0.2, 0.25) is 11.8 Å². The first-order valence-electron chi connectivity index (χ1n) is 7.16.